The lowest BCUT2D eigenvalue weighted by atomic mass is 9.82. The fourth-order valence-electron chi connectivity index (χ4n) is 3.80. The van der Waals surface area contributed by atoms with E-state index >= 15 is 0 Å². The molecule has 0 radical (unpaired) electrons. The number of aliphatic hydroxyl groups excluding tert-OH is 1. The SMILES string of the molecule is C[C@@H](O)[C@H]1C(=O)N2C(C(=O)O)=C(C[C@@H]3CNC(CNS(C)(=O)=O)=N3)C[C@H]12. The van der Waals surface area contributed by atoms with Crippen LogP contribution in [0.4, 0.5) is 0 Å². The number of carboxylic acid groups (broad SMARTS) is 1. The van der Waals surface area contributed by atoms with Gasteiger partial charge in [-0.25, -0.2) is 17.9 Å². The van der Waals surface area contributed by atoms with Crippen molar-refractivity contribution in [3.05, 3.63) is 11.3 Å². The molecule has 0 saturated carbocycles. The van der Waals surface area contributed by atoms with Gasteiger partial charge in [-0.3, -0.25) is 9.79 Å². The molecule has 0 unspecified atom stereocenters. The number of nitrogens with zero attached hydrogens (tertiary/aromatic N) is 2. The largest absolute Gasteiger partial charge is 0.477 e. The summed E-state index contributed by atoms with van der Waals surface area (Å²) in [5.41, 5.74) is 0.627. The van der Waals surface area contributed by atoms with Gasteiger partial charge in [0.2, 0.25) is 15.9 Å². The first-order chi connectivity index (χ1) is 12.1. The summed E-state index contributed by atoms with van der Waals surface area (Å²) in [6.45, 7) is 2.05. The molecule has 4 atom stereocenters. The van der Waals surface area contributed by atoms with E-state index in [-0.39, 0.29) is 30.2 Å². The van der Waals surface area contributed by atoms with Crippen LogP contribution < -0.4 is 10.0 Å². The minimum absolute atomic E-state index is 0.00480. The minimum Gasteiger partial charge on any atom is -0.477 e. The second-order valence-electron chi connectivity index (χ2n) is 6.91. The maximum absolute atomic E-state index is 12.2. The smallest absolute Gasteiger partial charge is 0.352 e. The van der Waals surface area contributed by atoms with Crippen LogP contribution in [0.25, 0.3) is 0 Å². The van der Waals surface area contributed by atoms with Gasteiger partial charge in [0.1, 0.15) is 11.5 Å². The number of amidine groups is 1. The number of amides is 1. The number of aliphatic imine (C=N–C) groups is 1. The lowest BCUT2D eigenvalue weighted by Gasteiger charge is -2.44. The third-order valence-corrected chi connectivity index (χ3v) is 5.56. The third kappa shape index (κ3) is 3.46. The van der Waals surface area contributed by atoms with Crippen molar-refractivity contribution in [2.75, 3.05) is 19.3 Å². The van der Waals surface area contributed by atoms with E-state index in [0.29, 0.717) is 30.8 Å². The normalized spacial score (nSPS) is 29.2. The number of carbonyl (C=O) groups excluding carboxylic acids is 1. The maximum atomic E-state index is 12.2. The van der Waals surface area contributed by atoms with Crippen molar-refractivity contribution < 1.29 is 28.2 Å². The van der Waals surface area contributed by atoms with Gasteiger partial charge in [0, 0.05) is 6.54 Å². The topological polar surface area (TPSA) is 148 Å². The van der Waals surface area contributed by atoms with Crippen LogP contribution in [-0.4, -0.2) is 78.8 Å². The fraction of sp³-hybridized carbons (Fsp3) is 0.667. The molecule has 0 aliphatic carbocycles. The lowest BCUT2D eigenvalue weighted by Crippen LogP contribution is -2.61. The van der Waals surface area contributed by atoms with Gasteiger partial charge in [0.05, 0.1) is 36.9 Å². The van der Waals surface area contributed by atoms with Gasteiger partial charge in [-0.2, -0.15) is 0 Å². The Balaban J connectivity index is 1.71. The number of rotatable bonds is 7. The van der Waals surface area contributed by atoms with Crippen LogP contribution in [0.1, 0.15) is 19.8 Å². The van der Waals surface area contributed by atoms with E-state index in [0.717, 1.165) is 6.26 Å². The van der Waals surface area contributed by atoms with Crippen molar-refractivity contribution in [3.63, 3.8) is 0 Å². The zero-order valence-electron chi connectivity index (χ0n) is 14.5. The molecular weight excluding hydrogens is 364 g/mol. The molecule has 4 N–H and O–H groups in total. The molecule has 1 fully saturated rings. The van der Waals surface area contributed by atoms with Gasteiger partial charge in [-0.1, -0.05) is 0 Å². The second kappa shape index (κ2) is 6.63. The summed E-state index contributed by atoms with van der Waals surface area (Å²) in [5.74, 6) is -1.59. The summed E-state index contributed by atoms with van der Waals surface area (Å²) >= 11 is 0. The molecule has 11 heteroatoms. The van der Waals surface area contributed by atoms with Crippen LogP contribution >= 0.6 is 0 Å². The molecule has 10 nitrogen and oxygen atoms in total. The van der Waals surface area contributed by atoms with Crippen LogP contribution in [0.5, 0.6) is 0 Å². The number of fused-ring (bicyclic) bond motifs is 1. The van der Waals surface area contributed by atoms with Crippen molar-refractivity contribution in [1.82, 2.24) is 14.9 Å². The van der Waals surface area contributed by atoms with Crippen molar-refractivity contribution in [2.45, 2.75) is 38.0 Å². The number of carboxylic acids is 1. The molecule has 3 rings (SSSR count). The molecule has 0 aromatic rings. The highest BCUT2D eigenvalue weighted by atomic mass is 32.2. The minimum atomic E-state index is -3.32. The van der Waals surface area contributed by atoms with E-state index in [9.17, 15) is 28.2 Å². The Hall–Kier alpha value is -1.98. The molecule has 0 spiro atoms. The number of nitrogens with one attached hydrogen (secondary N) is 2. The Morgan fingerprint density at radius 3 is 2.77 bits per heavy atom. The molecular formula is C15H22N4O6S. The summed E-state index contributed by atoms with van der Waals surface area (Å²) in [6.07, 6.45) is 1.01. The summed E-state index contributed by atoms with van der Waals surface area (Å²) in [4.78, 5) is 29.5. The van der Waals surface area contributed by atoms with E-state index in [2.05, 4.69) is 15.0 Å². The molecule has 3 aliphatic rings. The standard InChI is InChI=1S/C15H22N4O6S/c1-7(20)12-10-4-8(13(15(22)23)19(10)14(12)21)3-9-5-16-11(18-9)6-17-26(2,24)25/h7,9-10,12,17,20H,3-6H2,1-2H3,(H,16,18)(H,22,23)/t7-,9-,10-,12-/m1/s1. The molecule has 0 aromatic carbocycles. The summed E-state index contributed by atoms with van der Waals surface area (Å²) in [6, 6.07) is -0.539. The Morgan fingerprint density at radius 2 is 2.19 bits per heavy atom. The summed E-state index contributed by atoms with van der Waals surface area (Å²) in [5, 5.41) is 22.3. The highest BCUT2D eigenvalue weighted by Crippen LogP contribution is 2.45. The second-order valence-corrected chi connectivity index (χ2v) is 8.74. The van der Waals surface area contributed by atoms with E-state index < -0.39 is 28.0 Å². The average molecular weight is 386 g/mol. The first-order valence-electron chi connectivity index (χ1n) is 8.30. The summed E-state index contributed by atoms with van der Waals surface area (Å²) in [7, 11) is -3.32. The van der Waals surface area contributed by atoms with E-state index in [4.69, 9.17) is 0 Å². The zero-order valence-corrected chi connectivity index (χ0v) is 15.3. The molecule has 3 heterocycles. The highest BCUT2D eigenvalue weighted by molar-refractivity contribution is 7.88. The van der Waals surface area contributed by atoms with Crippen molar-refractivity contribution >= 4 is 27.7 Å². The number of sulfonamides is 1. The number of aliphatic carboxylic acids is 1. The number of aliphatic hydroxyl groups is 1. The number of carbonyl (C=O) groups is 2. The maximum Gasteiger partial charge on any atom is 0.352 e. The quantitative estimate of drug-likeness (QED) is 0.379. The Bertz CT molecular complexity index is 803. The molecule has 1 amide bonds. The Kier molecular flexibility index (Phi) is 4.80. The van der Waals surface area contributed by atoms with Crippen LogP contribution in [0, 0.1) is 5.92 Å². The highest BCUT2D eigenvalue weighted by Gasteiger charge is 2.56. The van der Waals surface area contributed by atoms with Crippen LogP contribution in [0.2, 0.25) is 0 Å². The van der Waals surface area contributed by atoms with Gasteiger partial charge in [-0.15, -0.1) is 0 Å². The average Bonchev–Trinajstić information content (AvgIpc) is 3.07. The van der Waals surface area contributed by atoms with Gasteiger partial charge >= 0.3 is 5.97 Å². The van der Waals surface area contributed by atoms with Crippen LogP contribution in [-0.2, 0) is 19.6 Å². The summed E-state index contributed by atoms with van der Waals surface area (Å²) < 4.78 is 24.6. The monoisotopic (exact) mass is 386 g/mol. The first-order valence-corrected chi connectivity index (χ1v) is 10.2. The van der Waals surface area contributed by atoms with E-state index in [1.807, 2.05) is 0 Å². The number of hydrogen-bond donors (Lipinski definition) is 4. The zero-order chi connectivity index (χ0) is 19.2. The molecule has 3 aliphatic heterocycles. The molecule has 26 heavy (non-hydrogen) atoms. The molecule has 1 saturated heterocycles. The van der Waals surface area contributed by atoms with Crippen molar-refractivity contribution in [3.8, 4) is 0 Å². The number of β-lactam (4-membered cyclic amide) rings is 1. The van der Waals surface area contributed by atoms with Gasteiger partial charge in [-0.05, 0) is 25.3 Å². The Morgan fingerprint density at radius 1 is 1.50 bits per heavy atom. The van der Waals surface area contributed by atoms with E-state index in [1.54, 1.807) is 0 Å². The van der Waals surface area contributed by atoms with Crippen LogP contribution in [0.3, 0.4) is 0 Å². The lowest BCUT2D eigenvalue weighted by molar-refractivity contribution is -0.161. The number of hydrogen-bond acceptors (Lipinski definition) is 7. The fourth-order valence-corrected chi connectivity index (χ4v) is 4.20. The van der Waals surface area contributed by atoms with Gasteiger partial charge < -0.3 is 20.4 Å². The third-order valence-electron chi connectivity index (χ3n) is 4.89. The first kappa shape index (κ1) is 18.8. The molecule has 0 aromatic heterocycles. The predicted octanol–water partition coefficient (Wildman–Crippen LogP) is -1.75. The van der Waals surface area contributed by atoms with Crippen LogP contribution in [0.15, 0.2) is 16.3 Å². The van der Waals surface area contributed by atoms with Crippen molar-refractivity contribution in [1.29, 1.82) is 0 Å². The molecule has 144 valence electrons. The van der Waals surface area contributed by atoms with Gasteiger partial charge in [0.25, 0.3) is 0 Å². The van der Waals surface area contributed by atoms with Crippen molar-refractivity contribution in [2.24, 2.45) is 10.9 Å². The predicted molar refractivity (Wildman–Crippen MR) is 91.8 cm³/mol. The van der Waals surface area contributed by atoms with Gasteiger partial charge in [0.15, 0.2) is 0 Å². The van der Waals surface area contributed by atoms with E-state index in [1.165, 1.54) is 11.8 Å². The molecule has 0 bridgehead atoms. The Labute approximate surface area is 151 Å².